The topological polar surface area (TPSA) is 75.9 Å². The predicted molar refractivity (Wildman–Crippen MR) is 79.6 cm³/mol. The van der Waals surface area contributed by atoms with Crippen molar-refractivity contribution in [1.82, 2.24) is 9.80 Å². The zero-order chi connectivity index (χ0) is 15.5. The van der Waals surface area contributed by atoms with Crippen molar-refractivity contribution in [3.8, 4) is 0 Å². The van der Waals surface area contributed by atoms with E-state index < -0.39 is 5.54 Å². The minimum absolute atomic E-state index is 0.0108. The Kier molecular flexibility index (Phi) is 5.22. The summed E-state index contributed by atoms with van der Waals surface area (Å²) in [5.41, 5.74) is 5.41. The van der Waals surface area contributed by atoms with Gasteiger partial charge in [-0.25, -0.2) is 0 Å². The molecule has 120 valence electrons. The largest absolute Gasteiger partial charge is 0.368 e. The lowest BCUT2D eigenvalue weighted by molar-refractivity contribution is -0.147. The van der Waals surface area contributed by atoms with Gasteiger partial charge < -0.3 is 20.3 Å². The summed E-state index contributed by atoms with van der Waals surface area (Å²) in [5, 5.41) is 0. The molecule has 1 atom stereocenters. The molecule has 0 spiro atoms. The van der Waals surface area contributed by atoms with E-state index >= 15 is 0 Å². The molecule has 0 radical (unpaired) electrons. The van der Waals surface area contributed by atoms with Crippen LogP contribution in [0.4, 0.5) is 0 Å². The molecule has 6 heteroatoms. The van der Waals surface area contributed by atoms with E-state index in [4.69, 9.17) is 10.5 Å². The summed E-state index contributed by atoms with van der Waals surface area (Å²) in [7, 11) is 0. The van der Waals surface area contributed by atoms with Crippen molar-refractivity contribution in [2.24, 2.45) is 5.73 Å². The number of nitrogens with two attached hydrogens (primary N) is 1. The number of amides is 2. The molecule has 21 heavy (non-hydrogen) atoms. The standard InChI is InChI=1S/C15H27N3O3/c1-3-15(16,4-2)14(20)18-9-7-17(8-10-18)13(19)12-6-5-11-21-12/h12H,3-11,16H2,1-2H3. The van der Waals surface area contributed by atoms with Crippen LogP contribution in [0, 0.1) is 0 Å². The van der Waals surface area contributed by atoms with Crippen molar-refractivity contribution in [1.29, 1.82) is 0 Å². The molecule has 0 bridgehead atoms. The number of ether oxygens (including phenoxy) is 1. The first-order valence-electron chi connectivity index (χ1n) is 8.00. The number of hydrogen-bond donors (Lipinski definition) is 1. The van der Waals surface area contributed by atoms with Gasteiger partial charge in [0.1, 0.15) is 6.10 Å². The highest BCUT2D eigenvalue weighted by Gasteiger charge is 2.37. The predicted octanol–water partition coefficient (Wildman–Crippen LogP) is 0.354. The van der Waals surface area contributed by atoms with Crippen molar-refractivity contribution in [2.45, 2.75) is 51.2 Å². The summed E-state index contributed by atoms with van der Waals surface area (Å²) in [6, 6.07) is 0. The molecule has 0 saturated carbocycles. The molecule has 0 aliphatic carbocycles. The number of carbonyl (C=O) groups is 2. The van der Waals surface area contributed by atoms with Crippen LogP contribution < -0.4 is 5.73 Å². The van der Waals surface area contributed by atoms with Gasteiger partial charge in [-0.05, 0) is 25.7 Å². The third-order valence-corrected chi connectivity index (χ3v) is 4.77. The van der Waals surface area contributed by atoms with Gasteiger partial charge in [0.05, 0.1) is 5.54 Å². The van der Waals surface area contributed by atoms with Crippen LogP contribution in [0.2, 0.25) is 0 Å². The molecule has 2 heterocycles. The average molecular weight is 297 g/mol. The third kappa shape index (κ3) is 3.37. The minimum atomic E-state index is -0.763. The lowest BCUT2D eigenvalue weighted by Gasteiger charge is -2.39. The Morgan fingerprint density at radius 1 is 1.14 bits per heavy atom. The molecule has 1 unspecified atom stereocenters. The van der Waals surface area contributed by atoms with Crippen molar-refractivity contribution in [2.75, 3.05) is 32.8 Å². The first-order valence-corrected chi connectivity index (χ1v) is 8.00. The van der Waals surface area contributed by atoms with E-state index in [1.165, 1.54) is 0 Å². The van der Waals surface area contributed by atoms with Crippen LogP contribution in [0.3, 0.4) is 0 Å². The second kappa shape index (κ2) is 6.75. The van der Waals surface area contributed by atoms with E-state index in [1.54, 1.807) is 4.90 Å². The van der Waals surface area contributed by atoms with E-state index in [-0.39, 0.29) is 17.9 Å². The zero-order valence-electron chi connectivity index (χ0n) is 13.1. The fourth-order valence-corrected chi connectivity index (χ4v) is 2.97. The molecular weight excluding hydrogens is 270 g/mol. The quantitative estimate of drug-likeness (QED) is 0.812. The van der Waals surface area contributed by atoms with E-state index in [0.29, 0.717) is 45.6 Å². The number of nitrogens with zero attached hydrogens (tertiary/aromatic N) is 2. The van der Waals surface area contributed by atoms with Crippen LogP contribution in [0.25, 0.3) is 0 Å². The summed E-state index contributed by atoms with van der Waals surface area (Å²) >= 11 is 0. The molecule has 6 nitrogen and oxygen atoms in total. The SMILES string of the molecule is CCC(N)(CC)C(=O)N1CCN(C(=O)C2CCCO2)CC1. The van der Waals surface area contributed by atoms with Crippen molar-refractivity contribution >= 4 is 11.8 Å². The van der Waals surface area contributed by atoms with Gasteiger partial charge in [-0.1, -0.05) is 13.8 Å². The van der Waals surface area contributed by atoms with Crippen molar-refractivity contribution < 1.29 is 14.3 Å². The Balaban J connectivity index is 1.88. The van der Waals surface area contributed by atoms with E-state index in [1.807, 2.05) is 18.7 Å². The highest BCUT2D eigenvalue weighted by atomic mass is 16.5. The number of hydrogen-bond acceptors (Lipinski definition) is 4. The first-order chi connectivity index (χ1) is 10.0. The van der Waals surface area contributed by atoms with Crippen LogP contribution in [0.1, 0.15) is 39.5 Å². The van der Waals surface area contributed by atoms with Gasteiger partial charge in [0.2, 0.25) is 5.91 Å². The van der Waals surface area contributed by atoms with Crippen LogP contribution >= 0.6 is 0 Å². The minimum Gasteiger partial charge on any atom is -0.368 e. The summed E-state index contributed by atoms with van der Waals surface area (Å²) < 4.78 is 5.44. The van der Waals surface area contributed by atoms with Crippen LogP contribution in [-0.2, 0) is 14.3 Å². The summed E-state index contributed by atoms with van der Waals surface area (Å²) in [6.07, 6.45) is 2.77. The maximum Gasteiger partial charge on any atom is 0.251 e. The summed E-state index contributed by atoms with van der Waals surface area (Å²) in [6.45, 7) is 6.85. The van der Waals surface area contributed by atoms with Gasteiger partial charge in [0.15, 0.2) is 0 Å². The molecule has 2 fully saturated rings. The molecule has 0 aromatic rings. The zero-order valence-corrected chi connectivity index (χ0v) is 13.1. The van der Waals surface area contributed by atoms with Gasteiger partial charge in [-0.2, -0.15) is 0 Å². The lowest BCUT2D eigenvalue weighted by Crippen LogP contribution is -2.60. The van der Waals surface area contributed by atoms with E-state index in [9.17, 15) is 9.59 Å². The Morgan fingerprint density at radius 3 is 2.19 bits per heavy atom. The Bertz CT molecular complexity index is 382. The Hall–Kier alpha value is -1.14. The van der Waals surface area contributed by atoms with Gasteiger partial charge >= 0.3 is 0 Å². The lowest BCUT2D eigenvalue weighted by atomic mass is 9.92. The fourth-order valence-electron chi connectivity index (χ4n) is 2.97. The molecule has 0 aromatic heterocycles. The van der Waals surface area contributed by atoms with E-state index in [2.05, 4.69) is 0 Å². The van der Waals surface area contributed by atoms with Crippen LogP contribution in [-0.4, -0.2) is 66.0 Å². The third-order valence-electron chi connectivity index (χ3n) is 4.77. The second-order valence-corrected chi connectivity index (χ2v) is 5.98. The smallest absolute Gasteiger partial charge is 0.251 e. The fraction of sp³-hybridized carbons (Fsp3) is 0.867. The Morgan fingerprint density at radius 2 is 1.71 bits per heavy atom. The van der Waals surface area contributed by atoms with Crippen molar-refractivity contribution in [3.63, 3.8) is 0 Å². The molecule has 2 N–H and O–H groups in total. The van der Waals surface area contributed by atoms with Crippen LogP contribution in [0.15, 0.2) is 0 Å². The molecule has 2 aliphatic rings. The molecule has 2 saturated heterocycles. The van der Waals surface area contributed by atoms with Gasteiger partial charge in [-0.15, -0.1) is 0 Å². The number of piperazine rings is 1. The van der Waals surface area contributed by atoms with E-state index in [0.717, 1.165) is 12.8 Å². The molecule has 2 aliphatic heterocycles. The maximum atomic E-state index is 12.5. The maximum absolute atomic E-state index is 12.5. The molecule has 2 amide bonds. The second-order valence-electron chi connectivity index (χ2n) is 5.98. The Labute approximate surface area is 126 Å². The number of carbonyl (C=O) groups excluding carboxylic acids is 2. The van der Waals surface area contributed by atoms with Gasteiger partial charge in [0, 0.05) is 32.8 Å². The molecule has 2 rings (SSSR count). The molecule has 0 aromatic carbocycles. The average Bonchev–Trinajstić information content (AvgIpc) is 3.07. The monoisotopic (exact) mass is 297 g/mol. The van der Waals surface area contributed by atoms with Gasteiger partial charge in [0.25, 0.3) is 5.91 Å². The first kappa shape index (κ1) is 16.2. The normalized spacial score (nSPS) is 23.5. The van der Waals surface area contributed by atoms with Crippen molar-refractivity contribution in [3.05, 3.63) is 0 Å². The highest BCUT2D eigenvalue weighted by molar-refractivity contribution is 5.86. The van der Waals surface area contributed by atoms with Crippen LogP contribution in [0.5, 0.6) is 0 Å². The number of rotatable bonds is 4. The van der Waals surface area contributed by atoms with Gasteiger partial charge in [-0.3, -0.25) is 9.59 Å². The highest BCUT2D eigenvalue weighted by Crippen LogP contribution is 2.19. The summed E-state index contributed by atoms with van der Waals surface area (Å²) in [4.78, 5) is 28.4. The summed E-state index contributed by atoms with van der Waals surface area (Å²) in [5.74, 6) is 0.0845. The molecular formula is C15H27N3O3.